The molecule has 3 saturated heterocycles. The summed E-state index contributed by atoms with van der Waals surface area (Å²) < 4.78 is 29.2. The molecule has 190 valence electrons. The van der Waals surface area contributed by atoms with E-state index in [0.29, 0.717) is 18.4 Å². The van der Waals surface area contributed by atoms with Crippen molar-refractivity contribution < 1.29 is 37.4 Å². The van der Waals surface area contributed by atoms with Crippen molar-refractivity contribution in [3.63, 3.8) is 0 Å². The standard InChI is InChI=1S/C23H29N3O8S/c1-13-4-5-15(10-14(13)2)20(28)24-16-6-8-25(9-7-16)22(31)34-12-23(3)19(21(29)30)26-17(27)11-18(26)35(23,32)33/h4-5,10,16,18-19H,6-9,11-12H2,1-3H3,(H,24,28)(H,29,30)/t18-,19+,23+/m1/s1. The van der Waals surface area contributed by atoms with Crippen LogP contribution in [0.25, 0.3) is 0 Å². The summed E-state index contributed by atoms with van der Waals surface area (Å²) in [4.78, 5) is 51.1. The van der Waals surface area contributed by atoms with Crippen LogP contribution in [0.1, 0.15) is 47.7 Å². The third-order valence-corrected chi connectivity index (χ3v) is 10.1. The predicted octanol–water partition coefficient (Wildman–Crippen LogP) is 0.833. The molecule has 1 aromatic rings. The highest BCUT2D eigenvalue weighted by Gasteiger charge is 2.70. The summed E-state index contributed by atoms with van der Waals surface area (Å²) in [6.45, 7) is 5.01. The van der Waals surface area contributed by atoms with E-state index >= 15 is 0 Å². The number of benzene rings is 1. The lowest BCUT2D eigenvalue weighted by Gasteiger charge is -2.35. The maximum absolute atomic E-state index is 12.9. The highest BCUT2D eigenvalue weighted by molar-refractivity contribution is 7.94. The summed E-state index contributed by atoms with van der Waals surface area (Å²) >= 11 is 0. The smallest absolute Gasteiger partial charge is 0.409 e. The number of nitrogens with one attached hydrogen (secondary N) is 1. The highest BCUT2D eigenvalue weighted by atomic mass is 32.2. The number of carboxylic acid groups (broad SMARTS) is 1. The average Bonchev–Trinajstić information content (AvgIpc) is 2.94. The highest BCUT2D eigenvalue weighted by Crippen LogP contribution is 2.46. The second kappa shape index (κ2) is 8.81. The first kappa shape index (κ1) is 25.0. The van der Waals surface area contributed by atoms with Crippen LogP contribution in [0.3, 0.4) is 0 Å². The van der Waals surface area contributed by atoms with Crippen molar-refractivity contribution in [2.24, 2.45) is 0 Å². The number of sulfone groups is 1. The van der Waals surface area contributed by atoms with E-state index in [9.17, 15) is 32.7 Å². The van der Waals surface area contributed by atoms with Crippen LogP contribution in [-0.4, -0.2) is 89.1 Å². The number of ether oxygens (including phenoxy) is 1. The van der Waals surface area contributed by atoms with E-state index in [0.717, 1.165) is 16.0 Å². The average molecular weight is 508 g/mol. The lowest BCUT2D eigenvalue weighted by Crippen LogP contribution is -2.58. The van der Waals surface area contributed by atoms with Gasteiger partial charge in [0.25, 0.3) is 5.91 Å². The molecule has 3 atom stereocenters. The molecule has 4 rings (SSSR count). The zero-order valence-corrected chi connectivity index (χ0v) is 20.6. The molecule has 3 fully saturated rings. The second-order valence-electron chi connectivity index (χ2n) is 9.65. The van der Waals surface area contributed by atoms with Gasteiger partial charge in [0.15, 0.2) is 15.9 Å². The summed E-state index contributed by atoms with van der Waals surface area (Å²) in [6, 6.07) is 3.74. The van der Waals surface area contributed by atoms with E-state index in [1.165, 1.54) is 11.8 Å². The van der Waals surface area contributed by atoms with Gasteiger partial charge in [0.05, 0.1) is 6.42 Å². The number of likely N-dealkylation sites (tertiary alicyclic amines) is 1. The minimum absolute atomic E-state index is 0.133. The van der Waals surface area contributed by atoms with Crippen LogP contribution in [0, 0.1) is 13.8 Å². The van der Waals surface area contributed by atoms with Crippen molar-refractivity contribution in [1.82, 2.24) is 15.1 Å². The lowest BCUT2D eigenvalue weighted by molar-refractivity contribution is -0.158. The molecule has 0 aromatic heterocycles. The lowest BCUT2D eigenvalue weighted by atomic mass is 9.97. The number of aryl methyl sites for hydroxylation is 2. The van der Waals surface area contributed by atoms with E-state index in [1.54, 1.807) is 6.07 Å². The molecule has 1 aromatic carbocycles. The monoisotopic (exact) mass is 507 g/mol. The quantitative estimate of drug-likeness (QED) is 0.557. The third kappa shape index (κ3) is 4.13. The van der Waals surface area contributed by atoms with Crippen LogP contribution in [0.5, 0.6) is 0 Å². The fraction of sp³-hybridized carbons (Fsp3) is 0.565. The summed E-state index contributed by atoms with van der Waals surface area (Å²) in [5, 5.41) is 11.4. The van der Waals surface area contributed by atoms with Gasteiger partial charge >= 0.3 is 12.1 Å². The van der Waals surface area contributed by atoms with Crippen molar-refractivity contribution in [3.8, 4) is 0 Å². The minimum atomic E-state index is -4.05. The Morgan fingerprint density at radius 2 is 1.83 bits per heavy atom. The second-order valence-corrected chi connectivity index (χ2v) is 12.2. The Balaban J connectivity index is 1.33. The van der Waals surface area contributed by atoms with Crippen LogP contribution in [0.15, 0.2) is 18.2 Å². The SMILES string of the molecule is Cc1ccc(C(=O)NC2CCN(C(=O)OC[C@@]3(C)[C@H](C(=O)O)N4C(=O)C[C@H]4S3(=O)=O)CC2)cc1C. The molecular weight excluding hydrogens is 478 g/mol. The molecule has 3 heterocycles. The molecule has 35 heavy (non-hydrogen) atoms. The molecule has 0 bridgehead atoms. The Labute approximate surface area is 203 Å². The fourth-order valence-corrected chi connectivity index (χ4v) is 7.20. The Morgan fingerprint density at radius 3 is 2.40 bits per heavy atom. The first-order valence-electron chi connectivity index (χ1n) is 11.4. The minimum Gasteiger partial charge on any atom is -0.480 e. The largest absolute Gasteiger partial charge is 0.480 e. The molecule has 0 unspecified atom stereocenters. The predicted molar refractivity (Wildman–Crippen MR) is 123 cm³/mol. The number of carbonyl (C=O) groups excluding carboxylic acids is 3. The molecule has 3 aliphatic heterocycles. The summed E-state index contributed by atoms with van der Waals surface area (Å²) in [7, 11) is -4.05. The van der Waals surface area contributed by atoms with Crippen LogP contribution >= 0.6 is 0 Å². The summed E-state index contributed by atoms with van der Waals surface area (Å²) in [5.74, 6) is -2.19. The maximum Gasteiger partial charge on any atom is 0.409 e. The number of fused-ring (bicyclic) bond motifs is 1. The first-order valence-corrected chi connectivity index (χ1v) is 13.0. The van der Waals surface area contributed by atoms with Crippen LogP contribution in [0.4, 0.5) is 4.79 Å². The zero-order valence-electron chi connectivity index (χ0n) is 19.8. The van der Waals surface area contributed by atoms with E-state index in [2.05, 4.69) is 5.32 Å². The van der Waals surface area contributed by atoms with Crippen molar-refractivity contribution in [1.29, 1.82) is 0 Å². The number of rotatable bonds is 5. The van der Waals surface area contributed by atoms with Gasteiger partial charge in [0.2, 0.25) is 5.91 Å². The van der Waals surface area contributed by atoms with Gasteiger partial charge in [0.1, 0.15) is 16.7 Å². The maximum atomic E-state index is 12.9. The van der Waals surface area contributed by atoms with Gasteiger partial charge in [-0.1, -0.05) is 6.07 Å². The van der Waals surface area contributed by atoms with Crippen LogP contribution in [0.2, 0.25) is 0 Å². The molecule has 3 amide bonds. The third-order valence-electron chi connectivity index (χ3n) is 7.39. The topological polar surface area (TPSA) is 150 Å². The Hall–Kier alpha value is -3.15. The number of piperidine rings is 1. The number of β-lactam (4-membered cyclic amide) rings is 1. The van der Waals surface area contributed by atoms with Gasteiger partial charge in [0, 0.05) is 24.7 Å². The Morgan fingerprint density at radius 1 is 1.17 bits per heavy atom. The number of carbonyl (C=O) groups is 4. The Kier molecular flexibility index (Phi) is 6.28. The number of nitrogens with zero attached hydrogens (tertiary/aromatic N) is 2. The Bertz CT molecular complexity index is 1190. The molecule has 2 N–H and O–H groups in total. The van der Waals surface area contributed by atoms with Crippen LogP contribution in [-0.2, 0) is 24.2 Å². The van der Waals surface area contributed by atoms with E-state index in [4.69, 9.17) is 4.74 Å². The van der Waals surface area contributed by atoms with Crippen LogP contribution < -0.4 is 5.32 Å². The van der Waals surface area contributed by atoms with Gasteiger partial charge in [-0.2, -0.15) is 0 Å². The molecule has 12 heteroatoms. The normalized spacial score (nSPS) is 27.7. The van der Waals surface area contributed by atoms with Gasteiger partial charge < -0.3 is 25.0 Å². The molecule has 0 spiro atoms. The molecule has 11 nitrogen and oxygen atoms in total. The molecular formula is C23H29N3O8S. The van der Waals surface area contributed by atoms with E-state index in [-0.39, 0.29) is 31.5 Å². The summed E-state index contributed by atoms with van der Waals surface area (Å²) in [6.07, 6.45) is -0.0471. The van der Waals surface area contributed by atoms with Crippen molar-refractivity contribution in [3.05, 3.63) is 34.9 Å². The van der Waals surface area contributed by atoms with Gasteiger partial charge in [-0.15, -0.1) is 0 Å². The fourth-order valence-electron chi connectivity index (χ4n) is 4.93. The molecule has 0 saturated carbocycles. The number of hydrogen-bond donors (Lipinski definition) is 2. The number of hydrogen-bond acceptors (Lipinski definition) is 7. The molecule has 3 aliphatic rings. The van der Waals surface area contributed by atoms with Crippen molar-refractivity contribution in [2.75, 3.05) is 19.7 Å². The first-order chi connectivity index (χ1) is 16.4. The number of aliphatic carboxylic acids is 1. The summed E-state index contributed by atoms with van der Waals surface area (Å²) in [5.41, 5.74) is 2.68. The van der Waals surface area contributed by atoms with Crippen molar-refractivity contribution in [2.45, 2.75) is 62.2 Å². The van der Waals surface area contributed by atoms with Gasteiger partial charge in [-0.25, -0.2) is 18.0 Å². The van der Waals surface area contributed by atoms with E-state index < -0.39 is 50.6 Å². The van der Waals surface area contributed by atoms with Gasteiger partial charge in [-0.3, -0.25) is 9.59 Å². The molecule has 0 radical (unpaired) electrons. The van der Waals surface area contributed by atoms with Crippen molar-refractivity contribution >= 4 is 33.7 Å². The zero-order chi connectivity index (χ0) is 25.7. The number of carboxylic acids is 1. The van der Waals surface area contributed by atoms with Gasteiger partial charge in [-0.05, 0) is 56.9 Å². The van der Waals surface area contributed by atoms with E-state index in [1.807, 2.05) is 26.0 Å². The number of amides is 3. The molecule has 0 aliphatic carbocycles.